The van der Waals surface area contributed by atoms with Gasteiger partial charge in [-0.3, -0.25) is 14.6 Å². The van der Waals surface area contributed by atoms with E-state index in [1.54, 1.807) is 41.6 Å². The van der Waals surface area contributed by atoms with Crippen LogP contribution in [0.15, 0.2) is 86.7 Å². The molecule has 0 spiro atoms. The number of fused-ring (bicyclic) bond motifs is 2. The molecule has 2 aromatic carbocycles. The SMILES string of the molecule is O=C1c2oc3ccc(Br)cc3c(=O)c2[C@@H](c2cccnc2)N1Cc1ccccc1. The lowest BCUT2D eigenvalue weighted by molar-refractivity contribution is 0.0714. The minimum atomic E-state index is -0.550. The highest BCUT2D eigenvalue weighted by Gasteiger charge is 2.42. The van der Waals surface area contributed by atoms with Gasteiger partial charge in [0, 0.05) is 23.4 Å². The molecule has 3 heterocycles. The second-order valence-corrected chi connectivity index (χ2v) is 7.84. The Kier molecular flexibility index (Phi) is 4.28. The summed E-state index contributed by atoms with van der Waals surface area (Å²) in [6.45, 7) is 0.364. The molecule has 142 valence electrons. The van der Waals surface area contributed by atoms with Gasteiger partial charge in [0.05, 0.1) is 17.0 Å². The zero-order valence-corrected chi connectivity index (χ0v) is 16.8. The predicted octanol–water partition coefficient (Wildman–Crippen LogP) is 4.70. The molecule has 0 bridgehead atoms. The fraction of sp³-hybridized carbons (Fsp3) is 0.0870. The molecular weight excluding hydrogens is 432 g/mol. The third-order valence-corrected chi connectivity index (χ3v) is 5.62. The quantitative estimate of drug-likeness (QED) is 0.457. The van der Waals surface area contributed by atoms with E-state index in [2.05, 4.69) is 20.9 Å². The normalized spacial score (nSPS) is 15.7. The number of benzene rings is 2. The molecule has 0 unspecified atom stereocenters. The number of carbonyl (C=O) groups excluding carboxylic acids is 1. The Bertz CT molecular complexity index is 1290. The van der Waals surface area contributed by atoms with E-state index in [0.29, 0.717) is 23.1 Å². The Labute approximate surface area is 174 Å². The first kappa shape index (κ1) is 17.8. The molecule has 0 saturated heterocycles. The summed E-state index contributed by atoms with van der Waals surface area (Å²) < 4.78 is 6.72. The van der Waals surface area contributed by atoms with Gasteiger partial charge in [-0.25, -0.2) is 0 Å². The smallest absolute Gasteiger partial charge is 0.291 e. The number of nitrogens with zero attached hydrogens (tertiary/aromatic N) is 2. The molecule has 1 amide bonds. The van der Waals surface area contributed by atoms with Crippen molar-refractivity contribution in [2.75, 3.05) is 0 Å². The summed E-state index contributed by atoms with van der Waals surface area (Å²) in [6, 6.07) is 18.1. The van der Waals surface area contributed by atoms with Gasteiger partial charge in [0.25, 0.3) is 5.91 Å². The second-order valence-electron chi connectivity index (χ2n) is 6.92. The van der Waals surface area contributed by atoms with Crippen LogP contribution in [0.3, 0.4) is 0 Å². The fourth-order valence-electron chi connectivity index (χ4n) is 3.82. The molecule has 29 heavy (non-hydrogen) atoms. The number of halogens is 1. The monoisotopic (exact) mass is 446 g/mol. The van der Waals surface area contributed by atoms with Crippen LogP contribution in [0.4, 0.5) is 0 Å². The van der Waals surface area contributed by atoms with Crippen molar-refractivity contribution in [3.8, 4) is 0 Å². The summed E-state index contributed by atoms with van der Waals surface area (Å²) in [5.74, 6) is -0.186. The zero-order valence-electron chi connectivity index (χ0n) is 15.2. The summed E-state index contributed by atoms with van der Waals surface area (Å²) in [7, 11) is 0. The Balaban J connectivity index is 1.74. The number of amides is 1. The molecule has 1 aliphatic rings. The highest BCUT2D eigenvalue weighted by Crippen LogP contribution is 2.39. The molecule has 0 saturated carbocycles. The van der Waals surface area contributed by atoms with Gasteiger partial charge in [-0.1, -0.05) is 52.3 Å². The highest BCUT2D eigenvalue weighted by molar-refractivity contribution is 9.10. The average molecular weight is 447 g/mol. The van der Waals surface area contributed by atoms with Crippen LogP contribution in [-0.4, -0.2) is 15.8 Å². The molecule has 1 atom stereocenters. The van der Waals surface area contributed by atoms with E-state index in [1.807, 2.05) is 36.4 Å². The van der Waals surface area contributed by atoms with Crippen molar-refractivity contribution in [3.05, 3.63) is 110 Å². The van der Waals surface area contributed by atoms with Crippen LogP contribution in [0.1, 0.15) is 33.3 Å². The standard InChI is InChI=1S/C23H15BrN2O3/c24-16-8-9-18-17(11-16)21(27)19-20(15-7-4-10-25-12-15)26(23(28)22(19)29-18)13-14-5-2-1-3-6-14/h1-12,20H,13H2/t20-/m1/s1. The van der Waals surface area contributed by atoms with Crippen LogP contribution < -0.4 is 5.43 Å². The van der Waals surface area contributed by atoms with Crippen LogP contribution in [0.25, 0.3) is 11.0 Å². The van der Waals surface area contributed by atoms with Crippen LogP contribution in [-0.2, 0) is 6.54 Å². The van der Waals surface area contributed by atoms with Gasteiger partial charge < -0.3 is 9.32 Å². The van der Waals surface area contributed by atoms with Gasteiger partial charge >= 0.3 is 0 Å². The molecule has 6 heteroatoms. The molecule has 4 aromatic rings. The molecule has 1 aliphatic heterocycles. The molecule has 0 N–H and O–H groups in total. The average Bonchev–Trinajstić information content (AvgIpc) is 3.02. The predicted molar refractivity (Wildman–Crippen MR) is 113 cm³/mol. The van der Waals surface area contributed by atoms with E-state index in [4.69, 9.17) is 4.42 Å². The molecule has 5 nitrogen and oxygen atoms in total. The summed E-state index contributed by atoms with van der Waals surface area (Å²) in [5.41, 5.74) is 2.32. The van der Waals surface area contributed by atoms with Gasteiger partial charge in [0.2, 0.25) is 5.76 Å². The van der Waals surface area contributed by atoms with Gasteiger partial charge in [0.15, 0.2) is 5.43 Å². The minimum absolute atomic E-state index is 0.106. The Morgan fingerprint density at radius 3 is 2.62 bits per heavy atom. The van der Waals surface area contributed by atoms with Crippen molar-refractivity contribution in [2.24, 2.45) is 0 Å². The lowest BCUT2D eigenvalue weighted by Crippen LogP contribution is -2.29. The Hall–Kier alpha value is -3.25. The number of rotatable bonds is 3. The number of aromatic nitrogens is 1. The molecule has 0 aliphatic carbocycles. The lowest BCUT2D eigenvalue weighted by Gasteiger charge is -2.25. The topological polar surface area (TPSA) is 63.4 Å². The van der Waals surface area contributed by atoms with Crippen molar-refractivity contribution in [1.82, 2.24) is 9.88 Å². The number of hydrogen-bond donors (Lipinski definition) is 0. The van der Waals surface area contributed by atoms with E-state index in [1.165, 1.54) is 0 Å². The van der Waals surface area contributed by atoms with Crippen molar-refractivity contribution < 1.29 is 9.21 Å². The molecule has 0 fully saturated rings. The maximum Gasteiger partial charge on any atom is 0.291 e. The van der Waals surface area contributed by atoms with Gasteiger partial charge in [-0.2, -0.15) is 0 Å². The molecule has 5 rings (SSSR count). The summed E-state index contributed by atoms with van der Waals surface area (Å²) in [5, 5.41) is 0.446. The first-order valence-corrected chi connectivity index (χ1v) is 9.94. The zero-order chi connectivity index (χ0) is 20.0. The first-order valence-electron chi connectivity index (χ1n) is 9.14. The van der Waals surface area contributed by atoms with E-state index >= 15 is 0 Å². The minimum Gasteiger partial charge on any atom is -0.450 e. The van der Waals surface area contributed by atoms with Gasteiger partial charge in [-0.15, -0.1) is 0 Å². The second kappa shape index (κ2) is 6.97. The van der Waals surface area contributed by atoms with Crippen molar-refractivity contribution in [2.45, 2.75) is 12.6 Å². The van der Waals surface area contributed by atoms with Crippen LogP contribution in [0.5, 0.6) is 0 Å². The molecule has 2 aromatic heterocycles. The summed E-state index contributed by atoms with van der Waals surface area (Å²) >= 11 is 3.41. The highest BCUT2D eigenvalue weighted by atomic mass is 79.9. The van der Waals surface area contributed by atoms with Crippen LogP contribution in [0, 0.1) is 0 Å². The Morgan fingerprint density at radius 2 is 1.86 bits per heavy atom. The van der Waals surface area contributed by atoms with Crippen LogP contribution in [0.2, 0.25) is 0 Å². The van der Waals surface area contributed by atoms with E-state index in [-0.39, 0.29) is 17.1 Å². The van der Waals surface area contributed by atoms with E-state index in [9.17, 15) is 9.59 Å². The molecule has 0 radical (unpaired) electrons. The lowest BCUT2D eigenvalue weighted by atomic mass is 9.99. The number of carbonyl (C=O) groups is 1. The van der Waals surface area contributed by atoms with Crippen molar-refractivity contribution in [1.29, 1.82) is 0 Å². The fourth-order valence-corrected chi connectivity index (χ4v) is 4.18. The third kappa shape index (κ3) is 2.96. The number of hydrogen-bond acceptors (Lipinski definition) is 4. The van der Waals surface area contributed by atoms with Crippen LogP contribution >= 0.6 is 15.9 Å². The first-order chi connectivity index (χ1) is 14.1. The summed E-state index contributed by atoms with van der Waals surface area (Å²) in [6.07, 6.45) is 3.36. The summed E-state index contributed by atoms with van der Waals surface area (Å²) in [4.78, 5) is 32.6. The van der Waals surface area contributed by atoms with Gasteiger partial charge in [-0.05, 0) is 35.4 Å². The third-order valence-electron chi connectivity index (χ3n) is 5.12. The maximum atomic E-state index is 13.4. The maximum absolute atomic E-state index is 13.4. The number of pyridine rings is 1. The molecular formula is C23H15BrN2O3. The Morgan fingerprint density at radius 1 is 1.03 bits per heavy atom. The van der Waals surface area contributed by atoms with Gasteiger partial charge in [0.1, 0.15) is 5.58 Å². The van der Waals surface area contributed by atoms with E-state index in [0.717, 1.165) is 15.6 Å². The van der Waals surface area contributed by atoms with Crippen molar-refractivity contribution in [3.63, 3.8) is 0 Å². The van der Waals surface area contributed by atoms with Crippen molar-refractivity contribution >= 4 is 32.8 Å². The van der Waals surface area contributed by atoms with E-state index < -0.39 is 6.04 Å². The largest absolute Gasteiger partial charge is 0.450 e.